The van der Waals surface area contributed by atoms with Gasteiger partial charge in [-0.1, -0.05) is 0 Å². The van der Waals surface area contributed by atoms with E-state index in [0.29, 0.717) is 0 Å². The fourth-order valence-corrected chi connectivity index (χ4v) is 0.480. The Morgan fingerprint density at radius 3 is 2.83 bits per heavy atom. The lowest BCUT2D eigenvalue weighted by atomic mass is 10.7. The van der Waals surface area contributed by atoms with Gasteiger partial charge in [-0.15, -0.1) is 0 Å². The van der Waals surface area contributed by atoms with Crippen molar-refractivity contribution in [3.63, 3.8) is 0 Å². The molecule has 1 radical (unpaired) electrons. The molecule has 1 atom stereocenters. The summed E-state index contributed by atoms with van der Waals surface area (Å²) in [6, 6.07) is 0. The molecule has 0 aromatic carbocycles. The minimum Gasteiger partial charge on any atom is -0.362 e. The Labute approximate surface area is 37.5 Å². The van der Waals surface area contributed by atoms with E-state index in [1.54, 1.807) is 0 Å². The van der Waals surface area contributed by atoms with Crippen molar-refractivity contribution < 1.29 is 4.74 Å². The predicted molar refractivity (Wildman–Crippen MR) is 23.1 cm³/mol. The molecule has 1 saturated heterocycles. The summed E-state index contributed by atoms with van der Waals surface area (Å²) in [6.07, 6.45) is 0.0463. The van der Waals surface area contributed by atoms with E-state index in [1.165, 1.54) is 0 Å². The van der Waals surface area contributed by atoms with Gasteiger partial charge < -0.3 is 4.74 Å². The first-order valence-corrected chi connectivity index (χ1v) is 2.07. The average Bonchev–Trinajstić information content (AvgIpc) is 1.86. The molecule has 1 fully saturated rings. The summed E-state index contributed by atoms with van der Waals surface area (Å²) < 4.78 is 4.93. The van der Waals surface area contributed by atoms with Crippen LogP contribution in [0.25, 0.3) is 0 Å². The molecule has 1 rings (SSSR count). The Kier molecular flexibility index (Phi) is 1.08. The molecule has 1 N–H and O–H groups in total. The van der Waals surface area contributed by atoms with Gasteiger partial charge in [0.25, 0.3) is 0 Å². The second kappa shape index (κ2) is 1.58. The Hall–Kier alpha value is -0.0800. The van der Waals surface area contributed by atoms with E-state index in [1.807, 2.05) is 0 Å². The zero-order valence-corrected chi connectivity index (χ0v) is 3.61. The van der Waals surface area contributed by atoms with Gasteiger partial charge in [-0.25, -0.2) is 0 Å². The SMILES string of the molecule is [CH2]C1NCCO1. The number of rotatable bonds is 0. The van der Waals surface area contributed by atoms with Crippen LogP contribution in [0.5, 0.6) is 0 Å². The van der Waals surface area contributed by atoms with Gasteiger partial charge in [0.15, 0.2) is 0 Å². The highest BCUT2D eigenvalue weighted by Crippen LogP contribution is 1.89. The summed E-state index contributed by atoms with van der Waals surface area (Å²) in [5.41, 5.74) is 0. The van der Waals surface area contributed by atoms with Gasteiger partial charge in [-0.2, -0.15) is 0 Å². The number of hydrogen-bond donors (Lipinski definition) is 1. The normalized spacial score (nSPS) is 34.5. The maximum atomic E-state index is 4.93. The van der Waals surface area contributed by atoms with Gasteiger partial charge in [0.05, 0.1) is 6.61 Å². The van der Waals surface area contributed by atoms with Crippen molar-refractivity contribution in [3.05, 3.63) is 6.92 Å². The minimum atomic E-state index is 0.0463. The van der Waals surface area contributed by atoms with E-state index in [9.17, 15) is 0 Å². The number of nitrogens with one attached hydrogen (secondary N) is 1. The minimum absolute atomic E-state index is 0.0463. The van der Waals surface area contributed by atoms with Gasteiger partial charge >= 0.3 is 0 Å². The molecule has 6 heavy (non-hydrogen) atoms. The van der Waals surface area contributed by atoms with Gasteiger partial charge in [0, 0.05) is 6.54 Å². The monoisotopic (exact) mass is 86.1 g/mol. The molecule has 0 aromatic heterocycles. The van der Waals surface area contributed by atoms with Crippen molar-refractivity contribution in [2.75, 3.05) is 13.2 Å². The molecular weight excluding hydrogens is 78.0 g/mol. The molecule has 1 aliphatic rings. The topological polar surface area (TPSA) is 21.3 Å². The van der Waals surface area contributed by atoms with Crippen LogP contribution in [-0.4, -0.2) is 19.4 Å². The highest BCUT2D eigenvalue weighted by molar-refractivity contribution is 4.62. The lowest BCUT2D eigenvalue weighted by molar-refractivity contribution is 0.136. The molecule has 1 aliphatic heterocycles. The fraction of sp³-hybridized carbons (Fsp3) is 0.750. The second-order valence-electron chi connectivity index (χ2n) is 1.31. The molecule has 0 aliphatic carbocycles. The lowest BCUT2D eigenvalue weighted by Crippen LogP contribution is -2.17. The molecular formula is C4H8NO. The summed E-state index contributed by atoms with van der Waals surface area (Å²) in [5, 5.41) is 2.99. The molecule has 35 valence electrons. The Morgan fingerprint density at radius 2 is 2.67 bits per heavy atom. The Morgan fingerprint density at radius 1 is 1.83 bits per heavy atom. The van der Waals surface area contributed by atoms with E-state index < -0.39 is 0 Å². The van der Waals surface area contributed by atoms with E-state index in [-0.39, 0.29) is 6.23 Å². The van der Waals surface area contributed by atoms with Crippen LogP contribution in [0.3, 0.4) is 0 Å². The van der Waals surface area contributed by atoms with Crippen LogP contribution >= 0.6 is 0 Å². The van der Waals surface area contributed by atoms with Crippen LogP contribution < -0.4 is 5.32 Å². The first-order valence-electron chi connectivity index (χ1n) is 2.07. The molecule has 0 amide bonds. The molecule has 1 unspecified atom stereocenters. The van der Waals surface area contributed by atoms with Crippen molar-refractivity contribution in [2.45, 2.75) is 6.23 Å². The summed E-state index contributed by atoms with van der Waals surface area (Å²) in [5.74, 6) is 0. The van der Waals surface area contributed by atoms with Crippen LogP contribution in [-0.2, 0) is 4.74 Å². The first kappa shape index (κ1) is 4.09. The highest BCUT2D eigenvalue weighted by atomic mass is 16.5. The summed E-state index contributed by atoms with van der Waals surface area (Å²) in [7, 11) is 0. The summed E-state index contributed by atoms with van der Waals surface area (Å²) in [6.45, 7) is 5.37. The van der Waals surface area contributed by atoms with Crippen LogP contribution in [0, 0.1) is 6.92 Å². The molecule has 1 heterocycles. The largest absolute Gasteiger partial charge is 0.362 e. The molecule has 2 nitrogen and oxygen atoms in total. The van der Waals surface area contributed by atoms with Crippen molar-refractivity contribution in [1.29, 1.82) is 0 Å². The highest BCUT2D eigenvalue weighted by Gasteiger charge is 2.05. The number of hydrogen-bond acceptors (Lipinski definition) is 2. The molecule has 2 heteroatoms. The summed E-state index contributed by atoms with van der Waals surface area (Å²) in [4.78, 5) is 0. The standard InChI is InChI=1S/C4H8NO/c1-4-5-2-3-6-4/h4-5H,1-3H2. The zero-order chi connectivity index (χ0) is 4.41. The maximum absolute atomic E-state index is 4.93. The third-order valence-electron chi connectivity index (χ3n) is 0.793. The van der Waals surface area contributed by atoms with Crippen molar-refractivity contribution in [3.8, 4) is 0 Å². The van der Waals surface area contributed by atoms with Crippen molar-refractivity contribution >= 4 is 0 Å². The third kappa shape index (κ3) is 0.698. The maximum Gasteiger partial charge on any atom is 0.108 e. The first-order chi connectivity index (χ1) is 2.89. The second-order valence-corrected chi connectivity index (χ2v) is 1.31. The van der Waals surface area contributed by atoms with Crippen LogP contribution in [0.2, 0.25) is 0 Å². The predicted octanol–water partition coefficient (Wildman–Crippen LogP) is -0.234. The molecule has 0 spiro atoms. The van der Waals surface area contributed by atoms with E-state index in [0.717, 1.165) is 13.2 Å². The smallest absolute Gasteiger partial charge is 0.108 e. The number of ether oxygens (including phenoxy) is 1. The van der Waals surface area contributed by atoms with Crippen molar-refractivity contribution in [1.82, 2.24) is 5.32 Å². The van der Waals surface area contributed by atoms with E-state index in [4.69, 9.17) is 4.74 Å². The Bertz CT molecular complexity index is 40.8. The average molecular weight is 86.1 g/mol. The van der Waals surface area contributed by atoms with Crippen LogP contribution in [0.15, 0.2) is 0 Å². The van der Waals surface area contributed by atoms with Crippen LogP contribution in [0.4, 0.5) is 0 Å². The van der Waals surface area contributed by atoms with Gasteiger partial charge in [0.2, 0.25) is 0 Å². The molecule has 0 aromatic rings. The fourth-order valence-electron chi connectivity index (χ4n) is 0.480. The van der Waals surface area contributed by atoms with Gasteiger partial charge in [0.1, 0.15) is 6.23 Å². The Balaban J connectivity index is 2.18. The zero-order valence-electron chi connectivity index (χ0n) is 3.61. The lowest BCUT2D eigenvalue weighted by Gasteiger charge is -1.95. The summed E-state index contributed by atoms with van der Waals surface area (Å²) >= 11 is 0. The van der Waals surface area contributed by atoms with Crippen molar-refractivity contribution in [2.24, 2.45) is 0 Å². The molecule has 0 saturated carbocycles. The quantitative estimate of drug-likeness (QED) is 0.439. The third-order valence-corrected chi connectivity index (χ3v) is 0.793. The van der Waals surface area contributed by atoms with E-state index >= 15 is 0 Å². The van der Waals surface area contributed by atoms with Gasteiger partial charge in [-0.3, -0.25) is 5.32 Å². The van der Waals surface area contributed by atoms with E-state index in [2.05, 4.69) is 12.2 Å². The van der Waals surface area contributed by atoms with Gasteiger partial charge in [-0.05, 0) is 6.92 Å². The van der Waals surface area contributed by atoms with Crippen LogP contribution in [0.1, 0.15) is 0 Å². The molecule has 0 bridgehead atoms.